The summed E-state index contributed by atoms with van der Waals surface area (Å²) in [5.74, 6) is -1.26. The zero-order valence-corrected chi connectivity index (χ0v) is 11.0. The van der Waals surface area contributed by atoms with E-state index in [4.69, 9.17) is 5.11 Å². The number of carboxylic acids is 1. The molecule has 1 aromatic rings. The van der Waals surface area contributed by atoms with Crippen molar-refractivity contribution in [2.24, 2.45) is 0 Å². The molecule has 2 rings (SSSR count). The second-order valence-electron chi connectivity index (χ2n) is 4.49. The summed E-state index contributed by atoms with van der Waals surface area (Å²) in [5, 5.41) is 11.4. The summed E-state index contributed by atoms with van der Waals surface area (Å²) in [7, 11) is 0. The molecule has 0 radical (unpaired) electrons. The van der Waals surface area contributed by atoms with Gasteiger partial charge in [0.05, 0.1) is 5.69 Å². The number of amides is 2. The van der Waals surface area contributed by atoms with Crippen LogP contribution in [-0.4, -0.2) is 41.2 Å². The normalized spacial score (nSPS) is 17.9. The van der Waals surface area contributed by atoms with Crippen LogP contribution in [0.3, 0.4) is 0 Å². The molecule has 1 fully saturated rings. The van der Waals surface area contributed by atoms with Crippen LogP contribution in [0.1, 0.15) is 12.8 Å². The number of nitrogens with zero attached hydrogens (tertiary/aromatic N) is 1. The monoisotopic (exact) mass is 300 g/mol. The number of rotatable bonds is 4. The second kappa shape index (κ2) is 6.38. The van der Waals surface area contributed by atoms with E-state index < -0.39 is 24.7 Å². The maximum Gasteiger partial charge on any atom is 0.387 e. The molecule has 21 heavy (non-hydrogen) atoms. The Balaban J connectivity index is 2.11. The third-order valence-corrected chi connectivity index (χ3v) is 3.14. The van der Waals surface area contributed by atoms with Gasteiger partial charge < -0.3 is 20.1 Å². The van der Waals surface area contributed by atoms with Crippen molar-refractivity contribution in [1.29, 1.82) is 0 Å². The predicted molar refractivity (Wildman–Crippen MR) is 69.5 cm³/mol. The maximum absolute atomic E-state index is 12.3. The van der Waals surface area contributed by atoms with Gasteiger partial charge in [0.1, 0.15) is 11.8 Å². The van der Waals surface area contributed by atoms with Crippen LogP contribution < -0.4 is 10.1 Å². The van der Waals surface area contributed by atoms with Gasteiger partial charge in [-0.2, -0.15) is 8.78 Å². The smallest absolute Gasteiger partial charge is 0.387 e. The number of nitrogens with one attached hydrogen (secondary N) is 1. The number of carbonyl (C=O) groups excluding carboxylic acids is 1. The van der Waals surface area contributed by atoms with Crippen molar-refractivity contribution in [2.75, 3.05) is 11.9 Å². The number of carbonyl (C=O) groups is 2. The Morgan fingerprint density at radius 1 is 1.38 bits per heavy atom. The van der Waals surface area contributed by atoms with E-state index in [1.54, 1.807) is 6.07 Å². The van der Waals surface area contributed by atoms with Crippen molar-refractivity contribution in [2.45, 2.75) is 25.5 Å². The van der Waals surface area contributed by atoms with Gasteiger partial charge in [0.15, 0.2) is 0 Å². The lowest BCUT2D eigenvalue weighted by Crippen LogP contribution is -2.42. The van der Waals surface area contributed by atoms with Gasteiger partial charge in [-0.25, -0.2) is 9.59 Å². The van der Waals surface area contributed by atoms with E-state index in [0.717, 1.165) is 0 Å². The van der Waals surface area contributed by atoms with E-state index in [1.165, 1.54) is 23.1 Å². The van der Waals surface area contributed by atoms with Crippen molar-refractivity contribution in [1.82, 2.24) is 4.90 Å². The molecule has 1 aliphatic heterocycles. The Hall–Kier alpha value is -2.38. The zero-order valence-electron chi connectivity index (χ0n) is 11.0. The van der Waals surface area contributed by atoms with Crippen LogP contribution in [-0.2, 0) is 4.79 Å². The van der Waals surface area contributed by atoms with Gasteiger partial charge in [0.2, 0.25) is 0 Å². The summed E-state index contributed by atoms with van der Waals surface area (Å²) in [6.07, 6.45) is 0.956. The Labute approximate surface area is 119 Å². The van der Waals surface area contributed by atoms with Crippen molar-refractivity contribution in [3.05, 3.63) is 24.3 Å². The molecule has 0 spiro atoms. The number of urea groups is 1. The highest BCUT2D eigenvalue weighted by molar-refractivity contribution is 5.93. The minimum atomic E-state index is -3.01. The number of hydrogen-bond acceptors (Lipinski definition) is 3. The fourth-order valence-corrected chi connectivity index (χ4v) is 2.22. The molecule has 0 bridgehead atoms. The molecule has 0 aromatic heterocycles. The van der Waals surface area contributed by atoms with Crippen LogP contribution >= 0.6 is 0 Å². The van der Waals surface area contributed by atoms with E-state index >= 15 is 0 Å². The molecule has 1 aliphatic rings. The van der Waals surface area contributed by atoms with Gasteiger partial charge >= 0.3 is 18.6 Å². The fraction of sp³-hybridized carbons (Fsp3) is 0.385. The largest absolute Gasteiger partial charge is 0.480 e. The molecule has 1 heterocycles. The van der Waals surface area contributed by atoms with Gasteiger partial charge in [-0.1, -0.05) is 12.1 Å². The lowest BCUT2D eigenvalue weighted by Gasteiger charge is -2.22. The standard InChI is InChI=1S/C13H14F2N2O4/c14-12(15)21-10-6-2-1-4-8(10)16-13(20)17-7-3-5-9(17)11(18)19/h1-2,4,6,9,12H,3,5,7H2,(H,16,20)(H,18,19). The van der Waals surface area contributed by atoms with E-state index in [0.29, 0.717) is 19.4 Å². The van der Waals surface area contributed by atoms with E-state index in [1.807, 2.05) is 0 Å². The molecule has 2 amide bonds. The first-order chi connectivity index (χ1) is 9.99. The highest BCUT2D eigenvalue weighted by Crippen LogP contribution is 2.27. The molecule has 114 valence electrons. The highest BCUT2D eigenvalue weighted by atomic mass is 19.3. The summed E-state index contributed by atoms with van der Waals surface area (Å²) in [4.78, 5) is 24.3. The maximum atomic E-state index is 12.3. The molecule has 6 nitrogen and oxygen atoms in total. The predicted octanol–water partition coefficient (Wildman–Crippen LogP) is 2.37. The van der Waals surface area contributed by atoms with Crippen molar-refractivity contribution >= 4 is 17.7 Å². The lowest BCUT2D eigenvalue weighted by molar-refractivity contribution is -0.141. The number of benzene rings is 1. The molecule has 1 saturated heterocycles. The number of anilines is 1. The van der Waals surface area contributed by atoms with Crippen LogP contribution in [0, 0.1) is 0 Å². The van der Waals surface area contributed by atoms with Crippen LogP contribution in [0.4, 0.5) is 19.3 Å². The first-order valence-corrected chi connectivity index (χ1v) is 6.33. The molecule has 1 unspecified atom stereocenters. The second-order valence-corrected chi connectivity index (χ2v) is 4.49. The molecular formula is C13H14F2N2O4. The van der Waals surface area contributed by atoms with Crippen LogP contribution in [0.25, 0.3) is 0 Å². The Morgan fingerprint density at radius 2 is 2.10 bits per heavy atom. The summed E-state index contributed by atoms with van der Waals surface area (Å²) in [6.45, 7) is -2.71. The quantitative estimate of drug-likeness (QED) is 0.894. The molecule has 2 N–H and O–H groups in total. The number of aliphatic carboxylic acids is 1. The van der Waals surface area contributed by atoms with Gasteiger partial charge in [-0.3, -0.25) is 0 Å². The Bertz CT molecular complexity index is 539. The van der Waals surface area contributed by atoms with Crippen molar-refractivity contribution < 1.29 is 28.2 Å². The minimum absolute atomic E-state index is 0.0684. The molecule has 8 heteroatoms. The number of alkyl halides is 2. The summed E-state index contributed by atoms with van der Waals surface area (Å²) < 4.78 is 28.9. The molecule has 1 atom stereocenters. The number of hydrogen-bond donors (Lipinski definition) is 2. The SMILES string of the molecule is O=C(O)C1CCCN1C(=O)Nc1ccccc1OC(F)F. The van der Waals surface area contributed by atoms with Gasteiger partial charge in [0.25, 0.3) is 0 Å². The van der Waals surface area contributed by atoms with Crippen molar-refractivity contribution in [3.63, 3.8) is 0 Å². The summed E-state index contributed by atoms with van der Waals surface area (Å²) in [5.41, 5.74) is 0.0684. The molecule has 1 aromatic carbocycles. The van der Waals surface area contributed by atoms with Crippen molar-refractivity contribution in [3.8, 4) is 5.75 Å². The molecular weight excluding hydrogens is 286 g/mol. The van der Waals surface area contributed by atoms with Crippen LogP contribution in [0.5, 0.6) is 5.75 Å². The Kier molecular flexibility index (Phi) is 4.56. The van der Waals surface area contributed by atoms with Gasteiger partial charge in [-0.05, 0) is 25.0 Å². The van der Waals surface area contributed by atoms with Crippen LogP contribution in [0.15, 0.2) is 24.3 Å². The first kappa shape index (κ1) is 15.0. The average molecular weight is 300 g/mol. The van der Waals surface area contributed by atoms with E-state index in [9.17, 15) is 18.4 Å². The highest BCUT2D eigenvalue weighted by Gasteiger charge is 2.34. The number of halogens is 2. The molecule has 0 aliphatic carbocycles. The minimum Gasteiger partial charge on any atom is -0.480 e. The van der Waals surface area contributed by atoms with E-state index in [2.05, 4.69) is 10.1 Å². The third kappa shape index (κ3) is 3.59. The van der Waals surface area contributed by atoms with E-state index in [-0.39, 0.29) is 11.4 Å². The fourth-order valence-electron chi connectivity index (χ4n) is 2.22. The lowest BCUT2D eigenvalue weighted by atomic mass is 10.2. The third-order valence-electron chi connectivity index (χ3n) is 3.14. The Morgan fingerprint density at radius 3 is 2.76 bits per heavy atom. The topological polar surface area (TPSA) is 78.9 Å². The van der Waals surface area contributed by atoms with Gasteiger partial charge in [-0.15, -0.1) is 0 Å². The zero-order chi connectivity index (χ0) is 15.4. The number of likely N-dealkylation sites (tertiary alicyclic amines) is 1. The summed E-state index contributed by atoms with van der Waals surface area (Å²) >= 11 is 0. The average Bonchev–Trinajstić information content (AvgIpc) is 2.90. The number of carboxylic acid groups (broad SMARTS) is 1. The number of para-hydroxylation sites is 2. The van der Waals surface area contributed by atoms with Gasteiger partial charge in [0, 0.05) is 6.54 Å². The number of ether oxygens (including phenoxy) is 1. The molecule has 0 saturated carbocycles. The summed E-state index contributed by atoms with van der Waals surface area (Å²) in [6, 6.07) is 4.19. The first-order valence-electron chi connectivity index (χ1n) is 6.33. The van der Waals surface area contributed by atoms with Crippen LogP contribution in [0.2, 0.25) is 0 Å².